The maximum atomic E-state index is 5.46. The summed E-state index contributed by atoms with van der Waals surface area (Å²) in [6, 6.07) is 2.06. The maximum absolute atomic E-state index is 5.46. The van der Waals surface area contributed by atoms with Gasteiger partial charge in [-0.1, -0.05) is 0 Å². The number of nitrogens with two attached hydrogens (primary N) is 2. The topological polar surface area (TPSA) is 103 Å². The molecule has 0 saturated heterocycles. The molecule has 0 bridgehead atoms. The summed E-state index contributed by atoms with van der Waals surface area (Å²) in [5, 5.41) is 5.10. The molecule has 0 aliphatic heterocycles. The summed E-state index contributed by atoms with van der Waals surface area (Å²) in [4.78, 5) is 12.8. The fourth-order valence-electron chi connectivity index (χ4n) is 1.26. The van der Waals surface area contributed by atoms with E-state index in [1.54, 1.807) is 11.3 Å². The summed E-state index contributed by atoms with van der Waals surface area (Å²) in [5.41, 5.74) is 12.1. The van der Waals surface area contributed by atoms with Crippen LogP contribution in [0.3, 0.4) is 0 Å². The van der Waals surface area contributed by atoms with Gasteiger partial charge in [-0.15, -0.1) is 11.3 Å². The second kappa shape index (κ2) is 4.31. The predicted octanol–water partition coefficient (Wildman–Crippen LogP) is 1.02. The van der Waals surface area contributed by atoms with Gasteiger partial charge in [-0.2, -0.15) is 15.0 Å². The van der Waals surface area contributed by atoms with Crippen molar-refractivity contribution in [1.82, 2.24) is 15.0 Å². The van der Waals surface area contributed by atoms with E-state index in [1.807, 2.05) is 5.38 Å². The molecule has 0 amide bonds. The van der Waals surface area contributed by atoms with E-state index in [4.69, 9.17) is 11.5 Å². The van der Waals surface area contributed by atoms with E-state index in [2.05, 4.69) is 33.3 Å². The lowest BCUT2D eigenvalue weighted by Gasteiger charge is -2.05. The molecular weight excluding hydrogens is 224 g/mol. The molecule has 0 fully saturated rings. The molecule has 0 spiro atoms. The van der Waals surface area contributed by atoms with E-state index < -0.39 is 0 Å². The first kappa shape index (κ1) is 10.6. The van der Waals surface area contributed by atoms with E-state index in [1.165, 1.54) is 10.4 Å². The molecule has 16 heavy (non-hydrogen) atoms. The second-order valence-corrected chi connectivity index (χ2v) is 4.35. The SMILES string of the molecule is Cc1sccc1CNc1nc(N)nc(N)n1. The highest BCUT2D eigenvalue weighted by atomic mass is 32.1. The summed E-state index contributed by atoms with van der Waals surface area (Å²) in [6.07, 6.45) is 0. The van der Waals surface area contributed by atoms with Crippen molar-refractivity contribution < 1.29 is 0 Å². The van der Waals surface area contributed by atoms with Crippen molar-refractivity contribution >= 4 is 29.2 Å². The van der Waals surface area contributed by atoms with Crippen molar-refractivity contribution in [2.24, 2.45) is 0 Å². The molecule has 0 radical (unpaired) electrons. The number of nitrogen functional groups attached to an aromatic ring is 2. The average molecular weight is 236 g/mol. The Morgan fingerprint density at radius 1 is 1.25 bits per heavy atom. The van der Waals surface area contributed by atoms with Crippen LogP contribution in [0.15, 0.2) is 11.4 Å². The van der Waals surface area contributed by atoms with E-state index in [0.717, 1.165) is 0 Å². The number of hydrogen-bond donors (Lipinski definition) is 3. The zero-order chi connectivity index (χ0) is 11.5. The zero-order valence-electron chi connectivity index (χ0n) is 8.77. The van der Waals surface area contributed by atoms with Gasteiger partial charge in [0, 0.05) is 11.4 Å². The number of rotatable bonds is 3. The fraction of sp³-hybridized carbons (Fsp3) is 0.222. The van der Waals surface area contributed by atoms with Gasteiger partial charge in [0.2, 0.25) is 17.8 Å². The molecule has 0 aromatic carbocycles. The van der Waals surface area contributed by atoms with Crippen LogP contribution in [0.2, 0.25) is 0 Å². The summed E-state index contributed by atoms with van der Waals surface area (Å²) in [5.74, 6) is 0.643. The smallest absolute Gasteiger partial charge is 0.229 e. The molecule has 0 unspecified atom stereocenters. The lowest BCUT2D eigenvalue weighted by molar-refractivity contribution is 1.02. The van der Waals surface area contributed by atoms with Gasteiger partial charge in [0.15, 0.2) is 0 Å². The maximum Gasteiger partial charge on any atom is 0.229 e. The van der Waals surface area contributed by atoms with E-state index >= 15 is 0 Å². The minimum atomic E-state index is 0.122. The molecule has 0 saturated carbocycles. The molecular formula is C9H12N6S. The Morgan fingerprint density at radius 3 is 2.50 bits per heavy atom. The van der Waals surface area contributed by atoms with Gasteiger partial charge < -0.3 is 16.8 Å². The van der Waals surface area contributed by atoms with Crippen LogP contribution in [0.1, 0.15) is 10.4 Å². The molecule has 7 heteroatoms. The number of nitrogens with zero attached hydrogens (tertiary/aromatic N) is 3. The predicted molar refractivity (Wildman–Crippen MR) is 65.0 cm³/mol. The van der Waals surface area contributed by atoms with Gasteiger partial charge in [0.1, 0.15) is 0 Å². The van der Waals surface area contributed by atoms with Crippen molar-refractivity contribution in [3.63, 3.8) is 0 Å². The molecule has 2 rings (SSSR count). The van der Waals surface area contributed by atoms with Crippen LogP contribution in [-0.4, -0.2) is 15.0 Å². The van der Waals surface area contributed by atoms with Crippen molar-refractivity contribution in [2.45, 2.75) is 13.5 Å². The van der Waals surface area contributed by atoms with Gasteiger partial charge in [0.05, 0.1) is 0 Å². The number of anilines is 3. The quantitative estimate of drug-likeness (QED) is 0.735. The molecule has 2 aromatic heterocycles. The molecule has 5 N–H and O–H groups in total. The van der Waals surface area contributed by atoms with Crippen LogP contribution < -0.4 is 16.8 Å². The van der Waals surface area contributed by atoms with Gasteiger partial charge in [-0.3, -0.25) is 0 Å². The van der Waals surface area contributed by atoms with Crippen LogP contribution >= 0.6 is 11.3 Å². The number of aryl methyl sites for hydroxylation is 1. The number of thiophene rings is 1. The molecule has 84 valence electrons. The minimum Gasteiger partial charge on any atom is -0.368 e. The van der Waals surface area contributed by atoms with Gasteiger partial charge in [0.25, 0.3) is 0 Å². The van der Waals surface area contributed by atoms with Crippen LogP contribution in [0.4, 0.5) is 17.8 Å². The van der Waals surface area contributed by atoms with Gasteiger partial charge >= 0.3 is 0 Å². The van der Waals surface area contributed by atoms with Crippen molar-refractivity contribution in [3.8, 4) is 0 Å². The Kier molecular flexibility index (Phi) is 2.86. The first-order chi connectivity index (χ1) is 7.65. The highest BCUT2D eigenvalue weighted by Crippen LogP contribution is 2.16. The molecule has 0 aliphatic carbocycles. The molecule has 2 aromatic rings. The Morgan fingerprint density at radius 2 is 1.94 bits per heavy atom. The van der Waals surface area contributed by atoms with Crippen LogP contribution in [-0.2, 0) is 6.54 Å². The Labute approximate surface area is 96.7 Å². The lowest BCUT2D eigenvalue weighted by Crippen LogP contribution is -2.09. The molecule has 2 heterocycles. The Hall–Kier alpha value is -1.89. The molecule has 0 atom stereocenters. The molecule has 6 nitrogen and oxygen atoms in total. The third-order valence-corrected chi connectivity index (χ3v) is 2.96. The van der Waals surface area contributed by atoms with E-state index in [9.17, 15) is 0 Å². The summed E-state index contributed by atoms with van der Waals surface area (Å²) in [7, 11) is 0. The molecule has 0 aliphatic rings. The standard InChI is InChI=1S/C9H12N6S/c1-5-6(2-3-16-5)4-12-9-14-7(10)13-8(11)15-9/h2-3H,4H2,1H3,(H5,10,11,12,13,14,15). The first-order valence-corrected chi connectivity index (χ1v) is 5.57. The van der Waals surface area contributed by atoms with Crippen LogP contribution in [0.5, 0.6) is 0 Å². The highest BCUT2D eigenvalue weighted by Gasteiger charge is 2.03. The van der Waals surface area contributed by atoms with Crippen molar-refractivity contribution in [1.29, 1.82) is 0 Å². The van der Waals surface area contributed by atoms with Crippen molar-refractivity contribution in [2.75, 3.05) is 16.8 Å². The Balaban J connectivity index is 2.07. The van der Waals surface area contributed by atoms with Gasteiger partial charge in [-0.05, 0) is 23.9 Å². The summed E-state index contributed by atoms with van der Waals surface area (Å²) < 4.78 is 0. The summed E-state index contributed by atoms with van der Waals surface area (Å²) in [6.45, 7) is 2.72. The monoisotopic (exact) mass is 236 g/mol. The minimum absolute atomic E-state index is 0.122. The number of aromatic nitrogens is 3. The fourth-order valence-corrected chi connectivity index (χ4v) is 1.99. The van der Waals surface area contributed by atoms with Crippen molar-refractivity contribution in [3.05, 3.63) is 21.9 Å². The Bertz CT molecular complexity index is 474. The van der Waals surface area contributed by atoms with E-state index in [-0.39, 0.29) is 11.9 Å². The lowest BCUT2D eigenvalue weighted by atomic mass is 10.3. The number of hydrogen-bond acceptors (Lipinski definition) is 7. The highest BCUT2D eigenvalue weighted by molar-refractivity contribution is 7.10. The average Bonchev–Trinajstić information content (AvgIpc) is 2.59. The largest absolute Gasteiger partial charge is 0.368 e. The third kappa shape index (κ3) is 2.37. The normalized spacial score (nSPS) is 10.3. The van der Waals surface area contributed by atoms with E-state index in [0.29, 0.717) is 12.5 Å². The summed E-state index contributed by atoms with van der Waals surface area (Å²) >= 11 is 1.70. The third-order valence-electron chi connectivity index (χ3n) is 2.07. The first-order valence-electron chi connectivity index (χ1n) is 4.69. The van der Waals surface area contributed by atoms with Crippen LogP contribution in [0.25, 0.3) is 0 Å². The number of nitrogens with one attached hydrogen (secondary N) is 1. The van der Waals surface area contributed by atoms with Gasteiger partial charge in [-0.25, -0.2) is 0 Å². The second-order valence-electron chi connectivity index (χ2n) is 3.23. The van der Waals surface area contributed by atoms with Crippen LogP contribution in [0, 0.1) is 6.92 Å². The zero-order valence-corrected chi connectivity index (χ0v) is 9.58.